The number of thiophene rings is 1. The first-order valence-corrected chi connectivity index (χ1v) is 12.5. The molecule has 1 N–H and O–H groups in total. The highest BCUT2D eigenvalue weighted by Gasteiger charge is 2.11. The second-order valence-electron chi connectivity index (χ2n) is 8.22. The number of fused-ring (bicyclic) bond motifs is 2. The van der Waals surface area contributed by atoms with Crippen LogP contribution in [0, 0.1) is 0 Å². The van der Waals surface area contributed by atoms with E-state index in [2.05, 4.69) is 52.3 Å². The molecule has 0 saturated carbocycles. The molecule has 0 spiro atoms. The average Bonchev–Trinajstić information content (AvgIpc) is 3.53. The van der Waals surface area contributed by atoms with Gasteiger partial charge in [-0.05, 0) is 59.3 Å². The van der Waals surface area contributed by atoms with Crippen LogP contribution in [0.3, 0.4) is 0 Å². The third-order valence-corrected chi connectivity index (χ3v) is 6.73. The minimum atomic E-state index is -0.00524. The van der Waals surface area contributed by atoms with Gasteiger partial charge in [-0.1, -0.05) is 48.5 Å². The summed E-state index contributed by atoms with van der Waals surface area (Å²) in [6, 6.07) is 26.5. The van der Waals surface area contributed by atoms with Crippen molar-refractivity contribution in [3.63, 3.8) is 0 Å². The van der Waals surface area contributed by atoms with Gasteiger partial charge >= 0.3 is 0 Å². The van der Waals surface area contributed by atoms with Gasteiger partial charge in [0, 0.05) is 19.5 Å². The zero-order valence-corrected chi connectivity index (χ0v) is 19.8. The Morgan fingerprint density at radius 2 is 1.79 bits per heavy atom. The van der Waals surface area contributed by atoms with Gasteiger partial charge in [0.25, 0.3) is 5.91 Å². The van der Waals surface area contributed by atoms with Crippen LogP contribution in [0.15, 0.2) is 84.2 Å². The minimum Gasteiger partial charge on any atom is -0.494 e. The number of aromatic nitrogens is 2. The van der Waals surface area contributed by atoms with Crippen LogP contribution < -0.4 is 10.1 Å². The maximum Gasteiger partial charge on any atom is 0.261 e. The zero-order valence-electron chi connectivity index (χ0n) is 18.9. The van der Waals surface area contributed by atoms with Crippen molar-refractivity contribution in [2.24, 2.45) is 0 Å². The second kappa shape index (κ2) is 10.5. The highest BCUT2D eigenvalue weighted by Crippen LogP contribution is 2.21. The van der Waals surface area contributed by atoms with Crippen molar-refractivity contribution in [3.05, 3.63) is 94.9 Å². The molecule has 5 rings (SSSR count). The van der Waals surface area contributed by atoms with E-state index in [1.807, 2.05) is 41.8 Å². The minimum absolute atomic E-state index is 0.00524. The topological polar surface area (TPSA) is 56.2 Å². The van der Waals surface area contributed by atoms with Crippen molar-refractivity contribution < 1.29 is 9.53 Å². The Hall–Kier alpha value is -3.64. The van der Waals surface area contributed by atoms with E-state index in [-0.39, 0.29) is 5.91 Å². The number of amides is 1. The van der Waals surface area contributed by atoms with Crippen LogP contribution >= 0.6 is 11.3 Å². The summed E-state index contributed by atoms with van der Waals surface area (Å²) in [7, 11) is 0. The first-order valence-electron chi connectivity index (χ1n) is 11.7. The summed E-state index contributed by atoms with van der Waals surface area (Å²) in [5.74, 6) is 1.95. The van der Waals surface area contributed by atoms with E-state index < -0.39 is 0 Å². The van der Waals surface area contributed by atoms with E-state index in [0.717, 1.165) is 53.3 Å². The number of aryl methyl sites for hydroxylation is 2. The summed E-state index contributed by atoms with van der Waals surface area (Å²) in [6.45, 7) is 2.11. The Labute approximate surface area is 203 Å². The SMILES string of the molecule is O=C(NCCCc1nc2ccccc2n1CCCOc1ccc2ccccc2c1)c1cccs1. The molecule has 0 saturated heterocycles. The molecular formula is C28H27N3O2S. The molecule has 5 aromatic rings. The van der Waals surface area contributed by atoms with Crippen molar-refractivity contribution in [2.45, 2.75) is 25.8 Å². The predicted molar refractivity (Wildman–Crippen MR) is 139 cm³/mol. The van der Waals surface area contributed by atoms with Gasteiger partial charge in [0.15, 0.2) is 0 Å². The monoisotopic (exact) mass is 469 g/mol. The molecule has 0 bridgehead atoms. The van der Waals surface area contributed by atoms with Crippen molar-refractivity contribution >= 4 is 39.0 Å². The lowest BCUT2D eigenvalue weighted by molar-refractivity contribution is 0.0957. The number of carbonyl (C=O) groups excluding carboxylic acids is 1. The maximum atomic E-state index is 12.2. The Kier molecular flexibility index (Phi) is 6.86. The van der Waals surface area contributed by atoms with Crippen LogP contribution in [0.5, 0.6) is 5.75 Å². The third kappa shape index (κ3) is 5.13. The second-order valence-corrected chi connectivity index (χ2v) is 9.16. The van der Waals surface area contributed by atoms with E-state index in [4.69, 9.17) is 9.72 Å². The summed E-state index contributed by atoms with van der Waals surface area (Å²) in [5.41, 5.74) is 2.15. The lowest BCUT2D eigenvalue weighted by Crippen LogP contribution is -2.24. The normalized spacial score (nSPS) is 11.2. The lowest BCUT2D eigenvalue weighted by atomic mass is 10.1. The smallest absolute Gasteiger partial charge is 0.261 e. The standard InChI is InChI=1S/C28H27N3O2S/c32-28(26-12-6-19-34-26)29-16-5-13-27-30-24-10-3-4-11-25(24)31(27)17-7-18-33-23-15-14-21-8-1-2-9-22(21)20-23/h1-4,6,8-12,14-15,19-20H,5,7,13,16-18H2,(H,29,32). The number of ether oxygens (including phenoxy) is 1. The molecule has 0 aliphatic heterocycles. The number of imidazole rings is 1. The molecule has 3 aromatic carbocycles. The van der Waals surface area contributed by atoms with Gasteiger partial charge < -0.3 is 14.6 Å². The average molecular weight is 470 g/mol. The van der Waals surface area contributed by atoms with Gasteiger partial charge in [-0.25, -0.2) is 4.98 Å². The molecule has 2 heterocycles. The first-order chi connectivity index (χ1) is 16.8. The fourth-order valence-electron chi connectivity index (χ4n) is 4.18. The zero-order chi connectivity index (χ0) is 23.2. The van der Waals surface area contributed by atoms with Gasteiger partial charge in [0.2, 0.25) is 0 Å². The van der Waals surface area contributed by atoms with Gasteiger partial charge in [0.05, 0.1) is 22.5 Å². The summed E-state index contributed by atoms with van der Waals surface area (Å²) < 4.78 is 8.34. The summed E-state index contributed by atoms with van der Waals surface area (Å²) in [6.07, 6.45) is 2.54. The number of hydrogen-bond donors (Lipinski definition) is 1. The number of nitrogens with one attached hydrogen (secondary N) is 1. The van der Waals surface area contributed by atoms with Crippen LogP contribution in [0.1, 0.15) is 28.3 Å². The van der Waals surface area contributed by atoms with Crippen LogP contribution in [-0.4, -0.2) is 28.6 Å². The highest BCUT2D eigenvalue weighted by atomic mass is 32.1. The number of carbonyl (C=O) groups is 1. The highest BCUT2D eigenvalue weighted by molar-refractivity contribution is 7.12. The molecule has 1 amide bonds. The van der Waals surface area contributed by atoms with Crippen LogP contribution in [0.4, 0.5) is 0 Å². The predicted octanol–water partition coefficient (Wildman–Crippen LogP) is 6.08. The largest absolute Gasteiger partial charge is 0.494 e. The molecule has 0 radical (unpaired) electrons. The number of hydrogen-bond acceptors (Lipinski definition) is 4. The number of nitrogens with zero attached hydrogens (tertiary/aromatic N) is 2. The molecule has 6 heteroatoms. The van der Waals surface area contributed by atoms with Gasteiger partial charge in [0.1, 0.15) is 11.6 Å². The Morgan fingerprint density at radius 1 is 0.941 bits per heavy atom. The first kappa shape index (κ1) is 22.2. The Morgan fingerprint density at radius 3 is 2.68 bits per heavy atom. The summed E-state index contributed by atoms with van der Waals surface area (Å²) in [4.78, 5) is 17.8. The van der Waals surface area contributed by atoms with Crippen molar-refractivity contribution in [2.75, 3.05) is 13.2 Å². The Bertz CT molecular complexity index is 1390. The number of rotatable bonds is 10. The molecule has 34 heavy (non-hydrogen) atoms. The molecule has 0 aliphatic rings. The van der Waals surface area contributed by atoms with E-state index in [9.17, 15) is 4.79 Å². The molecule has 0 unspecified atom stereocenters. The van der Waals surface area contributed by atoms with Crippen molar-refractivity contribution in [1.29, 1.82) is 0 Å². The molecule has 2 aromatic heterocycles. The van der Waals surface area contributed by atoms with E-state index in [0.29, 0.717) is 13.2 Å². The van der Waals surface area contributed by atoms with Gasteiger partial charge in [-0.15, -0.1) is 11.3 Å². The molecule has 0 aliphatic carbocycles. The quantitative estimate of drug-likeness (QED) is 0.252. The van der Waals surface area contributed by atoms with Crippen molar-refractivity contribution in [1.82, 2.24) is 14.9 Å². The van der Waals surface area contributed by atoms with Gasteiger partial charge in [-0.2, -0.15) is 0 Å². The van der Waals surface area contributed by atoms with Crippen LogP contribution in [0.2, 0.25) is 0 Å². The summed E-state index contributed by atoms with van der Waals surface area (Å²) in [5, 5.41) is 7.33. The fraction of sp³-hybridized carbons (Fsp3) is 0.214. The van der Waals surface area contributed by atoms with E-state index in [1.165, 1.54) is 22.1 Å². The molecule has 5 nitrogen and oxygen atoms in total. The van der Waals surface area contributed by atoms with E-state index >= 15 is 0 Å². The molecular weight excluding hydrogens is 442 g/mol. The van der Waals surface area contributed by atoms with Crippen LogP contribution in [-0.2, 0) is 13.0 Å². The number of benzene rings is 3. The lowest BCUT2D eigenvalue weighted by Gasteiger charge is -2.11. The summed E-state index contributed by atoms with van der Waals surface area (Å²) >= 11 is 1.46. The molecule has 0 fully saturated rings. The maximum absolute atomic E-state index is 12.2. The Balaban J connectivity index is 1.18. The number of para-hydroxylation sites is 2. The van der Waals surface area contributed by atoms with Crippen LogP contribution in [0.25, 0.3) is 21.8 Å². The van der Waals surface area contributed by atoms with E-state index in [1.54, 1.807) is 0 Å². The fourth-order valence-corrected chi connectivity index (χ4v) is 4.82. The van der Waals surface area contributed by atoms with Crippen molar-refractivity contribution in [3.8, 4) is 5.75 Å². The molecule has 172 valence electrons. The third-order valence-electron chi connectivity index (χ3n) is 5.86. The molecule has 0 atom stereocenters. The van der Waals surface area contributed by atoms with Gasteiger partial charge in [-0.3, -0.25) is 4.79 Å².